The van der Waals surface area contributed by atoms with Crippen LogP contribution in [0.25, 0.3) is 0 Å². The molecule has 0 aliphatic rings. The molecule has 0 atom stereocenters. The lowest BCUT2D eigenvalue weighted by Crippen LogP contribution is -2.19. The standard InChI is InChI=1S/C12H16F3NO/c1-2-6-16-8-10-4-3-5-11(7-10)17-9-12(13,14)15/h3-5,7,16H,2,6,8-9H2,1H3. The first-order valence-corrected chi connectivity index (χ1v) is 5.50. The van der Waals surface area contributed by atoms with E-state index in [1.165, 1.54) is 6.07 Å². The molecule has 2 nitrogen and oxygen atoms in total. The van der Waals surface area contributed by atoms with Gasteiger partial charge in [-0.05, 0) is 30.7 Å². The number of rotatable bonds is 6. The van der Waals surface area contributed by atoms with Crippen LogP contribution < -0.4 is 10.1 Å². The van der Waals surface area contributed by atoms with E-state index in [1.807, 2.05) is 6.07 Å². The summed E-state index contributed by atoms with van der Waals surface area (Å²) >= 11 is 0. The van der Waals surface area contributed by atoms with Gasteiger partial charge >= 0.3 is 6.18 Å². The van der Waals surface area contributed by atoms with Crippen LogP contribution in [0.4, 0.5) is 13.2 Å². The van der Waals surface area contributed by atoms with E-state index in [0.29, 0.717) is 6.54 Å². The predicted octanol–water partition coefficient (Wildman–Crippen LogP) is 3.13. The number of halogens is 3. The van der Waals surface area contributed by atoms with Gasteiger partial charge in [0.1, 0.15) is 5.75 Å². The van der Waals surface area contributed by atoms with E-state index in [4.69, 9.17) is 0 Å². The average Bonchev–Trinajstić information content (AvgIpc) is 2.27. The van der Waals surface area contributed by atoms with Crippen molar-refractivity contribution in [3.05, 3.63) is 29.8 Å². The zero-order valence-corrected chi connectivity index (χ0v) is 9.68. The monoisotopic (exact) mass is 247 g/mol. The quantitative estimate of drug-likeness (QED) is 0.780. The second-order valence-corrected chi connectivity index (χ2v) is 3.73. The van der Waals surface area contributed by atoms with E-state index in [-0.39, 0.29) is 5.75 Å². The Morgan fingerprint density at radius 3 is 2.71 bits per heavy atom. The van der Waals surface area contributed by atoms with Crippen molar-refractivity contribution in [2.75, 3.05) is 13.2 Å². The lowest BCUT2D eigenvalue weighted by Gasteiger charge is -2.10. The Morgan fingerprint density at radius 1 is 1.29 bits per heavy atom. The summed E-state index contributed by atoms with van der Waals surface area (Å²) in [4.78, 5) is 0. The molecule has 0 bridgehead atoms. The molecule has 0 spiro atoms. The number of benzene rings is 1. The van der Waals surface area contributed by atoms with Gasteiger partial charge in [0.2, 0.25) is 0 Å². The highest BCUT2D eigenvalue weighted by atomic mass is 19.4. The largest absolute Gasteiger partial charge is 0.484 e. The van der Waals surface area contributed by atoms with Gasteiger partial charge in [-0.1, -0.05) is 19.1 Å². The van der Waals surface area contributed by atoms with Crippen LogP contribution in [0.1, 0.15) is 18.9 Å². The van der Waals surface area contributed by atoms with Gasteiger partial charge in [-0.15, -0.1) is 0 Å². The smallest absolute Gasteiger partial charge is 0.422 e. The van der Waals surface area contributed by atoms with Gasteiger partial charge in [-0.2, -0.15) is 13.2 Å². The molecule has 0 aliphatic carbocycles. The van der Waals surface area contributed by atoms with Gasteiger partial charge in [-0.3, -0.25) is 0 Å². The molecule has 5 heteroatoms. The number of alkyl halides is 3. The number of nitrogens with one attached hydrogen (secondary N) is 1. The first kappa shape index (κ1) is 13.8. The molecule has 0 fully saturated rings. The molecule has 17 heavy (non-hydrogen) atoms. The highest BCUT2D eigenvalue weighted by Gasteiger charge is 2.28. The Morgan fingerprint density at radius 2 is 2.06 bits per heavy atom. The van der Waals surface area contributed by atoms with Crippen LogP contribution >= 0.6 is 0 Å². The Balaban J connectivity index is 2.48. The van der Waals surface area contributed by atoms with Crippen LogP contribution in [0.5, 0.6) is 5.75 Å². The van der Waals surface area contributed by atoms with Crippen molar-refractivity contribution in [1.29, 1.82) is 0 Å². The summed E-state index contributed by atoms with van der Waals surface area (Å²) in [6.07, 6.45) is -3.28. The average molecular weight is 247 g/mol. The number of hydrogen-bond acceptors (Lipinski definition) is 2. The van der Waals surface area contributed by atoms with Crippen molar-refractivity contribution in [2.45, 2.75) is 26.1 Å². The first-order chi connectivity index (χ1) is 8.01. The van der Waals surface area contributed by atoms with E-state index in [9.17, 15) is 13.2 Å². The molecular weight excluding hydrogens is 231 g/mol. The summed E-state index contributed by atoms with van der Waals surface area (Å²) < 4.78 is 40.5. The van der Waals surface area contributed by atoms with Gasteiger partial charge in [0.25, 0.3) is 0 Å². The third-order valence-corrected chi connectivity index (χ3v) is 2.06. The third kappa shape index (κ3) is 6.16. The van der Waals surface area contributed by atoms with Gasteiger partial charge < -0.3 is 10.1 Å². The first-order valence-electron chi connectivity index (χ1n) is 5.50. The summed E-state index contributed by atoms with van der Waals surface area (Å²) in [5.74, 6) is 0.248. The molecule has 0 aromatic heterocycles. The third-order valence-electron chi connectivity index (χ3n) is 2.06. The molecule has 0 unspecified atom stereocenters. The fourth-order valence-corrected chi connectivity index (χ4v) is 1.32. The summed E-state index contributed by atoms with van der Waals surface area (Å²) in [5, 5.41) is 3.17. The van der Waals surface area contributed by atoms with Gasteiger partial charge in [0, 0.05) is 6.54 Å². The Hall–Kier alpha value is -1.23. The highest BCUT2D eigenvalue weighted by Crippen LogP contribution is 2.19. The second-order valence-electron chi connectivity index (χ2n) is 3.73. The zero-order chi connectivity index (χ0) is 12.7. The molecule has 0 heterocycles. The van der Waals surface area contributed by atoms with E-state index < -0.39 is 12.8 Å². The predicted molar refractivity (Wildman–Crippen MR) is 60.0 cm³/mol. The van der Waals surface area contributed by atoms with E-state index >= 15 is 0 Å². The molecule has 0 saturated carbocycles. The lowest BCUT2D eigenvalue weighted by atomic mass is 10.2. The lowest BCUT2D eigenvalue weighted by molar-refractivity contribution is -0.153. The molecule has 0 saturated heterocycles. The molecule has 1 aromatic rings. The van der Waals surface area contributed by atoms with Crippen LogP contribution in [0, 0.1) is 0 Å². The topological polar surface area (TPSA) is 21.3 Å². The highest BCUT2D eigenvalue weighted by molar-refractivity contribution is 5.28. The molecule has 0 radical (unpaired) electrons. The molecule has 1 N–H and O–H groups in total. The van der Waals surface area contributed by atoms with Crippen molar-refractivity contribution >= 4 is 0 Å². The van der Waals surface area contributed by atoms with Crippen LogP contribution in [0.15, 0.2) is 24.3 Å². The second kappa shape index (κ2) is 6.49. The minimum Gasteiger partial charge on any atom is -0.484 e. The molecular formula is C12H16F3NO. The Labute approximate surface area is 98.8 Å². The SMILES string of the molecule is CCCNCc1cccc(OCC(F)(F)F)c1. The van der Waals surface area contributed by atoms with Crippen LogP contribution in [0.3, 0.4) is 0 Å². The summed E-state index contributed by atoms with van der Waals surface area (Å²) in [7, 11) is 0. The van der Waals surface area contributed by atoms with Gasteiger partial charge in [-0.25, -0.2) is 0 Å². The van der Waals surface area contributed by atoms with E-state index in [1.54, 1.807) is 12.1 Å². The minimum atomic E-state index is -4.30. The van der Waals surface area contributed by atoms with Crippen molar-refractivity contribution in [2.24, 2.45) is 0 Å². The van der Waals surface area contributed by atoms with Crippen molar-refractivity contribution in [3.63, 3.8) is 0 Å². The Bertz CT molecular complexity index is 339. The van der Waals surface area contributed by atoms with Crippen LogP contribution in [0.2, 0.25) is 0 Å². The summed E-state index contributed by atoms with van der Waals surface area (Å²) in [5.41, 5.74) is 0.915. The summed E-state index contributed by atoms with van der Waals surface area (Å²) in [6.45, 7) is 2.32. The number of hydrogen-bond donors (Lipinski definition) is 1. The van der Waals surface area contributed by atoms with Gasteiger partial charge in [0.15, 0.2) is 6.61 Å². The normalized spacial score (nSPS) is 11.5. The molecule has 1 aromatic carbocycles. The fourth-order valence-electron chi connectivity index (χ4n) is 1.32. The molecule has 96 valence electrons. The summed E-state index contributed by atoms with van der Waals surface area (Å²) in [6, 6.07) is 6.68. The number of ether oxygens (including phenoxy) is 1. The van der Waals surface area contributed by atoms with Crippen LogP contribution in [-0.4, -0.2) is 19.3 Å². The van der Waals surface area contributed by atoms with E-state index in [0.717, 1.165) is 18.5 Å². The van der Waals surface area contributed by atoms with Crippen molar-refractivity contribution in [3.8, 4) is 5.75 Å². The molecule has 0 aliphatic heterocycles. The maximum atomic E-state index is 12.0. The van der Waals surface area contributed by atoms with Gasteiger partial charge in [0.05, 0.1) is 0 Å². The van der Waals surface area contributed by atoms with Crippen molar-refractivity contribution < 1.29 is 17.9 Å². The fraction of sp³-hybridized carbons (Fsp3) is 0.500. The maximum Gasteiger partial charge on any atom is 0.422 e. The van der Waals surface area contributed by atoms with Crippen LogP contribution in [-0.2, 0) is 6.54 Å². The zero-order valence-electron chi connectivity index (χ0n) is 9.68. The van der Waals surface area contributed by atoms with E-state index in [2.05, 4.69) is 17.0 Å². The Kier molecular flexibility index (Phi) is 5.28. The minimum absolute atomic E-state index is 0.248. The maximum absolute atomic E-state index is 12.0. The van der Waals surface area contributed by atoms with Crippen molar-refractivity contribution in [1.82, 2.24) is 5.32 Å². The molecule has 1 rings (SSSR count). The molecule has 0 amide bonds.